The first-order valence-corrected chi connectivity index (χ1v) is 5.43. The van der Waals surface area contributed by atoms with Gasteiger partial charge in [-0.15, -0.1) is 0 Å². The minimum absolute atomic E-state index is 0.171. The Morgan fingerprint density at radius 1 is 1.40 bits per heavy atom. The van der Waals surface area contributed by atoms with E-state index in [9.17, 15) is 4.39 Å². The van der Waals surface area contributed by atoms with Crippen LogP contribution in [0.5, 0.6) is 0 Å². The highest BCUT2D eigenvalue weighted by molar-refractivity contribution is 5.47. The van der Waals surface area contributed by atoms with Gasteiger partial charge in [-0.1, -0.05) is 6.07 Å². The summed E-state index contributed by atoms with van der Waals surface area (Å²) in [6.45, 7) is 1.89. The van der Waals surface area contributed by atoms with Crippen molar-refractivity contribution in [2.75, 3.05) is 5.32 Å². The highest BCUT2D eigenvalue weighted by Gasteiger charge is 2.21. The van der Waals surface area contributed by atoms with E-state index in [-0.39, 0.29) is 11.9 Å². The summed E-state index contributed by atoms with van der Waals surface area (Å²) >= 11 is 0. The van der Waals surface area contributed by atoms with Gasteiger partial charge in [-0.05, 0) is 43.9 Å². The average molecular weight is 208 g/mol. The molecule has 0 heterocycles. The molecule has 1 aliphatic carbocycles. The second-order valence-corrected chi connectivity index (χ2v) is 4.40. The molecule has 1 aromatic rings. The van der Waals surface area contributed by atoms with Crippen molar-refractivity contribution in [2.24, 2.45) is 5.73 Å². The van der Waals surface area contributed by atoms with Crippen molar-refractivity contribution in [3.05, 3.63) is 29.6 Å². The Labute approximate surface area is 89.7 Å². The van der Waals surface area contributed by atoms with Crippen LogP contribution >= 0.6 is 0 Å². The number of hydrogen-bond acceptors (Lipinski definition) is 2. The van der Waals surface area contributed by atoms with Crippen molar-refractivity contribution in [1.29, 1.82) is 0 Å². The van der Waals surface area contributed by atoms with Crippen LogP contribution in [0, 0.1) is 12.7 Å². The van der Waals surface area contributed by atoms with Crippen LogP contribution in [0.25, 0.3) is 0 Å². The zero-order chi connectivity index (χ0) is 10.8. The largest absolute Gasteiger partial charge is 0.380 e. The first kappa shape index (κ1) is 10.4. The fourth-order valence-electron chi connectivity index (χ4n) is 2.10. The van der Waals surface area contributed by atoms with Gasteiger partial charge >= 0.3 is 0 Å². The molecule has 0 aliphatic heterocycles. The summed E-state index contributed by atoms with van der Waals surface area (Å²) in [7, 11) is 0. The number of halogens is 1. The molecule has 3 N–H and O–H groups in total. The summed E-state index contributed by atoms with van der Waals surface area (Å²) in [6.07, 6.45) is 3.01. The van der Waals surface area contributed by atoms with Crippen molar-refractivity contribution in [3.8, 4) is 0 Å². The summed E-state index contributed by atoms with van der Waals surface area (Å²) in [5.74, 6) is -0.171. The fourth-order valence-corrected chi connectivity index (χ4v) is 2.10. The summed E-state index contributed by atoms with van der Waals surface area (Å²) in [5.41, 5.74) is 7.35. The van der Waals surface area contributed by atoms with Gasteiger partial charge in [-0.2, -0.15) is 0 Å². The highest BCUT2D eigenvalue weighted by atomic mass is 19.1. The maximum absolute atomic E-state index is 13.5. The molecule has 2 unspecified atom stereocenters. The molecule has 2 nitrogen and oxygen atoms in total. The van der Waals surface area contributed by atoms with Crippen LogP contribution in [0.15, 0.2) is 18.2 Å². The molecule has 1 fully saturated rings. The lowest BCUT2D eigenvalue weighted by atomic mass is 10.2. The molecule has 1 aromatic carbocycles. The fraction of sp³-hybridized carbons (Fsp3) is 0.500. The van der Waals surface area contributed by atoms with E-state index >= 15 is 0 Å². The van der Waals surface area contributed by atoms with Gasteiger partial charge in [0.2, 0.25) is 0 Å². The zero-order valence-electron chi connectivity index (χ0n) is 8.96. The smallest absolute Gasteiger partial charge is 0.146 e. The molecule has 0 aromatic heterocycles. The van der Waals surface area contributed by atoms with E-state index in [1.165, 1.54) is 0 Å². The number of hydrogen-bond donors (Lipinski definition) is 2. The maximum Gasteiger partial charge on any atom is 0.146 e. The van der Waals surface area contributed by atoms with Crippen LogP contribution in [0.4, 0.5) is 10.1 Å². The monoisotopic (exact) mass is 208 g/mol. The molecular weight excluding hydrogens is 191 g/mol. The Hall–Kier alpha value is -1.09. The molecule has 15 heavy (non-hydrogen) atoms. The summed E-state index contributed by atoms with van der Waals surface area (Å²) in [6, 6.07) is 5.87. The molecule has 0 amide bonds. The van der Waals surface area contributed by atoms with E-state index in [2.05, 4.69) is 5.32 Å². The number of rotatable bonds is 2. The standard InChI is InChI=1S/C12H17FN2/c1-8-2-5-12(11(13)6-8)15-10-4-3-9(14)7-10/h2,5-6,9-10,15H,3-4,7,14H2,1H3. The van der Waals surface area contributed by atoms with Gasteiger partial charge in [0.15, 0.2) is 0 Å². The average Bonchev–Trinajstić information content (AvgIpc) is 2.56. The highest BCUT2D eigenvalue weighted by Crippen LogP contribution is 2.23. The van der Waals surface area contributed by atoms with Crippen molar-refractivity contribution in [3.63, 3.8) is 0 Å². The molecule has 82 valence electrons. The summed E-state index contributed by atoms with van der Waals surface area (Å²) in [5, 5.41) is 3.21. The third kappa shape index (κ3) is 2.48. The molecule has 0 saturated heterocycles. The van der Waals surface area contributed by atoms with E-state index in [1.54, 1.807) is 12.1 Å². The first-order chi connectivity index (χ1) is 7.15. The topological polar surface area (TPSA) is 38.0 Å². The lowest BCUT2D eigenvalue weighted by Crippen LogP contribution is -2.21. The van der Waals surface area contributed by atoms with Gasteiger partial charge in [0.1, 0.15) is 5.82 Å². The predicted molar refractivity (Wildman–Crippen MR) is 60.4 cm³/mol. The van der Waals surface area contributed by atoms with Crippen LogP contribution < -0.4 is 11.1 Å². The summed E-state index contributed by atoms with van der Waals surface area (Å²) < 4.78 is 13.5. The second-order valence-electron chi connectivity index (χ2n) is 4.40. The van der Waals surface area contributed by atoms with E-state index < -0.39 is 0 Å². The van der Waals surface area contributed by atoms with Gasteiger partial charge in [0.05, 0.1) is 5.69 Å². The number of benzene rings is 1. The van der Waals surface area contributed by atoms with Crippen molar-refractivity contribution in [2.45, 2.75) is 38.3 Å². The second kappa shape index (κ2) is 4.19. The molecule has 1 aliphatic rings. The number of anilines is 1. The molecule has 2 atom stereocenters. The lowest BCUT2D eigenvalue weighted by Gasteiger charge is -2.14. The van der Waals surface area contributed by atoms with Crippen molar-refractivity contribution < 1.29 is 4.39 Å². The van der Waals surface area contributed by atoms with Crippen LogP contribution in [0.2, 0.25) is 0 Å². The van der Waals surface area contributed by atoms with Gasteiger partial charge < -0.3 is 11.1 Å². The third-order valence-electron chi connectivity index (χ3n) is 2.96. The van der Waals surface area contributed by atoms with Crippen molar-refractivity contribution >= 4 is 5.69 Å². The van der Waals surface area contributed by atoms with Crippen LogP contribution in [-0.4, -0.2) is 12.1 Å². The SMILES string of the molecule is Cc1ccc(NC2CCC(N)C2)c(F)c1. The molecular formula is C12H17FN2. The molecule has 2 rings (SSSR count). The van der Waals surface area contributed by atoms with Gasteiger partial charge in [-0.3, -0.25) is 0 Å². The van der Waals surface area contributed by atoms with E-state index in [4.69, 9.17) is 5.73 Å². The minimum atomic E-state index is -0.171. The van der Waals surface area contributed by atoms with Crippen LogP contribution in [0.1, 0.15) is 24.8 Å². The Morgan fingerprint density at radius 2 is 2.20 bits per heavy atom. The Bertz CT molecular complexity index is 351. The van der Waals surface area contributed by atoms with E-state index in [0.717, 1.165) is 24.8 Å². The van der Waals surface area contributed by atoms with E-state index in [1.807, 2.05) is 13.0 Å². The lowest BCUT2D eigenvalue weighted by molar-refractivity contribution is 0.621. The quantitative estimate of drug-likeness (QED) is 0.783. The third-order valence-corrected chi connectivity index (χ3v) is 2.96. The van der Waals surface area contributed by atoms with Gasteiger partial charge in [0.25, 0.3) is 0 Å². The number of nitrogens with two attached hydrogens (primary N) is 1. The van der Waals surface area contributed by atoms with Gasteiger partial charge in [0, 0.05) is 12.1 Å². The summed E-state index contributed by atoms with van der Waals surface area (Å²) in [4.78, 5) is 0. The maximum atomic E-state index is 13.5. The minimum Gasteiger partial charge on any atom is -0.380 e. The molecule has 3 heteroatoms. The van der Waals surface area contributed by atoms with Crippen LogP contribution in [0.3, 0.4) is 0 Å². The van der Waals surface area contributed by atoms with Crippen molar-refractivity contribution in [1.82, 2.24) is 0 Å². The van der Waals surface area contributed by atoms with E-state index in [0.29, 0.717) is 11.7 Å². The number of aryl methyl sites for hydroxylation is 1. The Kier molecular flexibility index (Phi) is 2.91. The normalized spacial score (nSPS) is 25.5. The predicted octanol–water partition coefficient (Wildman–Crippen LogP) is 2.43. The molecule has 0 radical (unpaired) electrons. The zero-order valence-corrected chi connectivity index (χ0v) is 8.96. The number of nitrogens with one attached hydrogen (secondary N) is 1. The molecule has 1 saturated carbocycles. The van der Waals surface area contributed by atoms with Crippen LogP contribution in [-0.2, 0) is 0 Å². The molecule has 0 spiro atoms. The Morgan fingerprint density at radius 3 is 2.80 bits per heavy atom. The first-order valence-electron chi connectivity index (χ1n) is 5.43. The van der Waals surface area contributed by atoms with Gasteiger partial charge in [-0.25, -0.2) is 4.39 Å². The Balaban J connectivity index is 2.04. The molecule has 0 bridgehead atoms.